The van der Waals surface area contributed by atoms with Gasteiger partial charge in [0.2, 0.25) is 5.91 Å². The Hall–Kier alpha value is -3.03. The van der Waals surface area contributed by atoms with Crippen LogP contribution in [0, 0.1) is 0 Å². The van der Waals surface area contributed by atoms with Gasteiger partial charge in [0.1, 0.15) is 73.2 Å². The first kappa shape index (κ1) is 85.2. The van der Waals surface area contributed by atoms with Crippen molar-refractivity contribution in [1.29, 1.82) is 0 Å². The highest BCUT2D eigenvalue weighted by molar-refractivity contribution is 5.76. The molecule has 0 aromatic heterocycles. The number of unbranched alkanes of at least 4 members (excludes halogenated alkanes) is 28. The Morgan fingerprint density at radius 2 is 0.734 bits per heavy atom. The third kappa shape index (κ3) is 36.7. The van der Waals surface area contributed by atoms with E-state index in [9.17, 15) is 61.0 Å². The largest absolute Gasteiger partial charge is 0.394 e. The molecule has 0 spiro atoms. The normalized spacial score (nSPS) is 27.9. The Kier molecular flexibility index (Phi) is 50.6. The summed E-state index contributed by atoms with van der Waals surface area (Å²) in [7, 11) is 0. The average Bonchev–Trinajstić information content (AvgIpc) is 0.792. The van der Waals surface area contributed by atoms with E-state index in [0.717, 1.165) is 83.5 Å². The molecule has 0 saturated carbocycles. The molecule has 17 atom stereocenters. The van der Waals surface area contributed by atoms with Gasteiger partial charge in [-0.05, 0) is 70.6 Å². The molecule has 3 saturated heterocycles. The summed E-state index contributed by atoms with van der Waals surface area (Å²) in [4.78, 5) is 13.4. The predicted octanol–water partition coefficient (Wildman–Crippen LogP) is 10.7. The summed E-state index contributed by atoms with van der Waals surface area (Å²) in [6.45, 7) is 1.62. The zero-order chi connectivity index (χ0) is 68.2. The lowest BCUT2D eigenvalue weighted by molar-refractivity contribution is -0.379. The van der Waals surface area contributed by atoms with Gasteiger partial charge in [0.05, 0.1) is 38.6 Å². The van der Waals surface area contributed by atoms with Crippen molar-refractivity contribution in [3.63, 3.8) is 0 Å². The zero-order valence-electron chi connectivity index (χ0n) is 57.7. The third-order valence-corrected chi connectivity index (χ3v) is 17.9. The summed E-state index contributed by atoms with van der Waals surface area (Å²) < 4.78 is 34.3. The molecule has 3 fully saturated rings. The number of hydrogen-bond donors (Lipinski definition) is 12. The maximum absolute atomic E-state index is 13.4. The summed E-state index contributed by atoms with van der Waals surface area (Å²) >= 11 is 0. The smallest absolute Gasteiger partial charge is 0.220 e. The van der Waals surface area contributed by atoms with Gasteiger partial charge in [-0.1, -0.05) is 259 Å². The van der Waals surface area contributed by atoms with E-state index in [4.69, 9.17) is 28.4 Å². The number of rotatable bonds is 56. The molecular weight excluding hydrogens is 1200 g/mol. The van der Waals surface area contributed by atoms with Crippen LogP contribution in [0.3, 0.4) is 0 Å². The van der Waals surface area contributed by atoms with E-state index in [1.165, 1.54) is 141 Å². The lowest BCUT2D eigenvalue weighted by Crippen LogP contribution is -2.66. The Morgan fingerprint density at radius 1 is 0.394 bits per heavy atom. The van der Waals surface area contributed by atoms with Crippen LogP contribution >= 0.6 is 0 Å². The fourth-order valence-corrected chi connectivity index (χ4v) is 12.0. The summed E-state index contributed by atoms with van der Waals surface area (Å²) in [6, 6.07) is -0.976. The lowest BCUT2D eigenvalue weighted by atomic mass is 9.96. The van der Waals surface area contributed by atoms with Crippen molar-refractivity contribution in [3.8, 4) is 0 Å². The van der Waals surface area contributed by atoms with Crippen molar-refractivity contribution in [1.82, 2.24) is 5.32 Å². The van der Waals surface area contributed by atoms with Gasteiger partial charge in [0.15, 0.2) is 18.9 Å². The molecule has 17 unspecified atom stereocenters. The minimum atomic E-state index is -1.98. The molecule has 544 valence electrons. The summed E-state index contributed by atoms with van der Waals surface area (Å²) in [5, 5.41) is 121. The second-order valence-corrected chi connectivity index (χ2v) is 26.0. The number of aliphatic hydroxyl groups is 11. The van der Waals surface area contributed by atoms with Crippen LogP contribution in [-0.2, 0) is 33.2 Å². The van der Waals surface area contributed by atoms with Crippen LogP contribution in [0.2, 0.25) is 0 Å². The highest BCUT2D eigenvalue weighted by Crippen LogP contribution is 2.33. The number of carbonyl (C=O) groups excluding carboxylic acids is 1. The van der Waals surface area contributed by atoms with Gasteiger partial charge < -0.3 is 89.9 Å². The van der Waals surface area contributed by atoms with Gasteiger partial charge in [-0.2, -0.15) is 0 Å². The van der Waals surface area contributed by atoms with E-state index < -0.39 is 124 Å². The van der Waals surface area contributed by atoms with Crippen molar-refractivity contribution < 1.29 is 89.4 Å². The Morgan fingerprint density at radius 3 is 1.15 bits per heavy atom. The van der Waals surface area contributed by atoms with Gasteiger partial charge in [-0.3, -0.25) is 4.79 Å². The predicted molar refractivity (Wildman–Crippen MR) is 369 cm³/mol. The topological polar surface area (TPSA) is 307 Å². The van der Waals surface area contributed by atoms with E-state index >= 15 is 0 Å². The molecule has 3 heterocycles. The second-order valence-electron chi connectivity index (χ2n) is 26.0. The first-order chi connectivity index (χ1) is 45.8. The molecule has 3 aliphatic rings. The number of allylic oxidation sites excluding steroid dienone is 13. The maximum Gasteiger partial charge on any atom is 0.220 e. The van der Waals surface area contributed by atoms with Crippen molar-refractivity contribution in [2.45, 2.75) is 356 Å². The summed E-state index contributed by atoms with van der Waals surface area (Å²) in [6.07, 6.45) is 45.7. The number of hydrogen-bond acceptors (Lipinski definition) is 18. The first-order valence-electron chi connectivity index (χ1n) is 36.8. The Balaban J connectivity index is 1.34. The monoisotopic (exact) mass is 1330 g/mol. The minimum absolute atomic E-state index is 0.241. The molecule has 0 bridgehead atoms. The highest BCUT2D eigenvalue weighted by atomic mass is 16.8. The number of nitrogens with one attached hydrogen (secondary N) is 1. The summed E-state index contributed by atoms with van der Waals surface area (Å²) in [5.74, 6) is -0.277. The fraction of sp³-hybridized carbons (Fsp3) is 0.800. The molecule has 0 radical (unpaired) electrons. The molecule has 19 nitrogen and oxygen atoms in total. The van der Waals surface area contributed by atoms with Gasteiger partial charge in [-0.25, -0.2) is 0 Å². The van der Waals surface area contributed by atoms with E-state index in [1.807, 2.05) is 6.08 Å². The van der Waals surface area contributed by atoms with Crippen LogP contribution in [0.1, 0.15) is 251 Å². The van der Waals surface area contributed by atoms with E-state index in [2.05, 4.69) is 92.1 Å². The molecule has 12 N–H and O–H groups in total. The summed E-state index contributed by atoms with van der Waals surface area (Å²) in [5.41, 5.74) is 0. The minimum Gasteiger partial charge on any atom is -0.394 e. The van der Waals surface area contributed by atoms with Gasteiger partial charge in [-0.15, -0.1) is 0 Å². The highest BCUT2D eigenvalue weighted by Gasteiger charge is 2.53. The Bertz CT molecular complexity index is 2030. The SMILES string of the molecule is CC/C=C\C/C=C\C/C=C\C/C=C\C/C=C\C/C=C\CCCCCCCCCCCCCCCCCCC(=O)NC(COC1OC(CO)C(OC2OC(CO)C(OC3OC(CO)C(O)C(O)C3O)C(O)C2O)C(O)C1O)C(O)/C=C/CCCCCCCCCCCCCC. The fourth-order valence-electron chi connectivity index (χ4n) is 12.0. The van der Waals surface area contributed by atoms with Crippen molar-refractivity contribution in [2.75, 3.05) is 26.4 Å². The van der Waals surface area contributed by atoms with Gasteiger partial charge in [0.25, 0.3) is 0 Å². The van der Waals surface area contributed by atoms with Crippen LogP contribution in [0.15, 0.2) is 85.1 Å². The van der Waals surface area contributed by atoms with Gasteiger partial charge in [0, 0.05) is 6.42 Å². The van der Waals surface area contributed by atoms with Crippen molar-refractivity contribution >= 4 is 5.91 Å². The number of amides is 1. The van der Waals surface area contributed by atoms with E-state index in [1.54, 1.807) is 6.08 Å². The molecule has 3 rings (SSSR count). The average molecular weight is 1330 g/mol. The van der Waals surface area contributed by atoms with Crippen molar-refractivity contribution in [2.24, 2.45) is 0 Å². The Labute approximate surface area is 565 Å². The van der Waals surface area contributed by atoms with Crippen LogP contribution in [0.5, 0.6) is 0 Å². The van der Waals surface area contributed by atoms with Crippen LogP contribution < -0.4 is 5.32 Å². The lowest BCUT2D eigenvalue weighted by Gasteiger charge is -2.48. The quantitative estimate of drug-likeness (QED) is 0.0199. The van der Waals surface area contributed by atoms with E-state index in [0.29, 0.717) is 6.42 Å². The molecular formula is C75H131NO18. The molecule has 94 heavy (non-hydrogen) atoms. The third-order valence-electron chi connectivity index (χ3n) is 17.9. The number of ether oxygens (including phenoxy) is 6. The molecule has 1 amide bonds. The van der Waals surface area contributed by atoms with Crippen LogP contribution in [0.25, 0.3) is 0 Å². The number of aliphatic hydroxyl groups excluding tert-OH is 11. The van der Waals surface area contributed by atoms with Crippen LogP contribution in [0.4, 0.5) is 0 Å². The molecule has 19 heteroatoms. The molecule has 0 aromatic rings. The molecule has 0 aliphatic carbocycles. The first-order valence-corrected chi connectivity index (χ1v) is 36.8. The van der Waals surface area contributed by atoms with Gasteiger partial charge >= 0.3 is 0 Å². The number of carbonyl (C=O) groups is 1. The standard InChI is InChI=1S/C75H131NO18/c1-3-5-7-9-11-13-15-17-19-20-21-22-23-24-25-26-27-28-29-30-31-32-33-34-35-36-37-38-39-41-43-45-47-49-51-53-63(81)76-58(59(80)52-50-48-46-44-42-40-18-16-14-12-10-8-6-4-2)57-89-73-69(87)66(84)71(61(55-78)91-73)94-75-70(88)67(85)72(62(56-79)92-75)93-74-68(86)65(83)64(82)60(54-77)90-74/h5,7,11,13,17,19,21-22,24-25,27-28,50,52,58-62,64-75,77-80,82-88H,3-4,6,8-10,12,14-16,18,20,23,26,29-49,51,53-57H2,1-2H3,(H,76,81)/b7-5-,13-11-,19-17-,22-21-,25-24-,28-27-,52-50+. The van der Waals surface area contributed by atoms with Crippen LogP contribution in [-0.4, -0.2) is 193 Å². The van der Waals surface area contributed by atoms with Crippen molar-refractivity contribution in [3.05, 3.63) is 85.1 Å². The van der Waals surface area contributed by atoms with E-state index in [-0.39, 0.29) is 18.9 Å². The molecule has 0 aromatic carbocycles. The molecule has 3 aliphatic heterocycles. The zero-order valence-corrected chi connectivity index (χ0v) is 57.7. The maximum atomic E-state index is 13.4. The second kappa shape index (κ2) is 55.8.